The molecular formula is C18H17NO5. The number of nitrogens with zero attached hydrogens (tertiary/aromatic N) is 1. The molecule has 1 heterocycles. The van der Waals surface area contributed by atoms with Gasteiger partial charge in [-0.25, -0.2) is 0 Å². The first-order valence-corrected chi connectivity index (χ1v) is 7.46. The number of amides is 1. The summed E-state index contributed by atoms with van der Waals surface area (Å²) in [5, 5.41) is 0. The van der Waals surface area contributed by atoms with Crippen molar-refractivity contribution in [3.63, 3.8) is 0 Å². The standard InChI is InChI=1S/C18H17NO5/c1-22-15-9-7-14(8-10-15)19-17(21)16(18(19)24-12-20)23-11-13-5-3-2-4-6-13/h2-10,12,16,18H,11H2,1H3/t16-,18-/m1/s1. The molecule has 6 nitrogen and oxygen atoms in total. The van der Waals surface area contributed by atoms with Gasteiger partial charge in [-0.1, -0.05) is 30.3 Å². The van der Waals surface area contributed by atoms with Crippen LogP contribution < -0.4 is 9.64 Å². The van der Waals surface area contributed by atoms with Gasteiger partial charge < -0.3 is 14.2 Å². The highest BCUT2D eigenvalue weighted by Gasteiger charge is 2.51. The van der Waals surface area contributed by atoms with Crippen LogP contribution in [0.4, 0.5) is 5.69 Å². The average molecular weight is 327 g/mol. The third kappa shape index (κ3) is 3.09. The van der Waals surface area contributed by atoms with Crippen molar-refractivity contribution in [1.29, 1.82) is 0 Å². The quantitative estimate of drug-likeness (QED) is 0.576. The number of methoxy groups -OCH3 is 1. The molecule has 0 radical (unpaired) electrons. The van der Waals surface area contributed by atoms with Crippen LogP contribution in [-0.4, -0.2) is 31.8 Å². The molecule has 0 N–H and O–H groups in total. The summed E-state index contributed by atoms with van der Waals surface area (Å²) in [7, 11) is 1.57. The van der Waals surface area contributed by atoms with E-state index in [9.17, 15) is 9.59 Å². The number of hydrogen-bond donors (Lipinski definition) is 0. The number of rotatable bonds is 7. The van der Waals surface area contributed by atoms with Gasteiger partial charge in [-0.05, 0) is 29.8 Å². The third-order valence-electron chi connectivity index (χ3n) is 3.81. The summed E-state index contributed by atoms with van der Waals surface area (Å²) in [6, 6.07) is 16.4. The van der Waals surface area contributed by atoms with Crippen molar-refractivity contribution in [3.05, 3.63) is 60.2 Å². The SMILES string of the molecule is COc1ccc(N2C(=O)[C@@H](OCc3ccccc3)[C@H]2OC=O)cc1. The first-order chi connectivity index (χ1) is 11.7. The number of benzene rings is 2. The van der Waals surface area contributed by atoms with Crippen LogP contribution in [0.25, 0.3) is 0 Å². The van der Waals surface area contributed by atoms with Crippen LogP contribution in [0.15, 0.2) is 54.6 Å². The summed E-state index contributed by atoms with van der Waals surface area (Å²) >= 11 is 0. The van der Waals surface area contributed by atoms with Gasteiger partial charge in [0, 0.05) is 5.69 Å². The van der Waals surface area contributed by atoms with Crippen LogP contribution in [-0.2, 0) is 25.7 Å². The van der Waals surface area contributed by atoms with Crippen molar-refractivity contribution < 1.29 is 23.8 Å². The molecule has 1 aliphatic rings. The molecule has 0 spiro atoms. The predicted octanol–water partition coefficient (Wildman–Crippen LogP) is 2.13. The maximum Gasteiger partial charge on any atom is 0.295 e. The number of ether oxygens (including phenoxy) is 3. The van der Waals surface area contributed by atoms with E-state index in [1.807, 2.05) is 30.3 Å². The smallest absolute Gasteiger partial charge is 0.295 e. The molecule has 0 saturated carbocycles. The largest absolute Gasteiger partial charge is 0.497 e. The lowest BCUT2D eigenvalue weighted by Gasteiger charge is -2.44. The van der Waals surface area contributed by atoms with E-state index in [-0.39, 0.29) is 12.5 Å². The van der Waals surface area contributed by atoms with Crippen LogP contribution >= 0.6 is 0 Å². The second-order valence-electron chi connectivity index (χ2n) is 5.25. The van der Waals surface area contributed by atoms with Gasteiger partial charge in [0.05, 0.1) is 13.7 Å². The van der Waals surface area contributed by atoms with E-state index in [0.717, 1.165) is 5.56 Å². The predicted molar refractivity (Wildman–Crippen MR) is 86.4 cm³/mol. The molecule has 1 aliphatic heterocycles. The molecule has 1 saturated heterocycles. The first-order valence-electron chi connectivity index (χ1n) is 7.46. The zero-order valence-corrected chi connectivity index (χ0v) is 13.1. The fraction of sp³-hybridized carbons (Fsp3) is 0.222. The molecule has 0 unspecified atom stereocenters. The Hall–Kier alpha value is -2.86. The molecule has 0 bridgehead atoms. The second-order valence-corrected chi connectivity index (χ2v) is 5.25. The van der Waals surface area contributed by atoms with E-state index in [2.05, 4.69) is 0 Å². The highest BCUT2D eigenvalue weighted by atomic mass is 16.6. The second kappa shape index (κ2) is 7.14. The van der Waals surface area contributed by atoms with Crippen LogP contribution in [0.1, 0.15) is 5.56 Å². The van der Waals surface area contributed by atoms with Crippen molar-refractivity contribution in [2.75, 3.05) is 12.0 Å². The van der Waals surface area contributed by atoms with Gasteiger partial charge in [0.15, 0.2) is 6.10 Å². The molecule has 2 aromatic carbocycles. The van der Waals surface area contributed by atoms with E-state index in [1.54, 1.807) is 31.4 Å². The van der Waals surface area contributed by atoms with Crippen LogP contribution in [0, 0.1) is 0 Å². The van der Waals surface area contributed by atoms with Crippen LogP contribution in [0.3, 0.4) is 0 Å². The summed E-state index contributed by atoms with van der Waals surface area (Å²) in [6.07, 6.45) is -1.58. The lowest BCUT2D eigenvalue weighted by molar-refractivity contribution is -0.169. The molecule has 0 aromatic heterocycles. The normalized spacial score (nSPS) is 19.5. The van der Waals surface area contributed by atoms with Crippen molar-refractivity contribution in [1.82, 2.24) is 0 Å². The highest BCUT2D eigenvalue weighted by Crippen LogP contribution is 2.32. The minimum absolute atomic E-state index is 0.247. The van der Waals surface area contributed by atoms with Crippen LogP contribution in [0.5, 0.6) is 5.75 Å². The Morgan fingerprint density at radius 2 is 1.79 bits per heavy atom. The Bertz CT molecular complexity index is 701. The van der Waals surface area contributed by atoms with Gasteiger partial charge in [0.25, 0.3) is 12.4 Å². The molecule has 2 aromatic rings. The minimum Gasteiger partial charge on any atom is -0.497 e. The fourth-order valence-corrected chi connectivity index (χ4v) is 2.56. The zero-order chi connectivity index (χ0) is 16.9. The van der Waals surface area contributed by atoms with Gasteiger partial charge in [0.2, 0.25) is 6.23 Å². The van der Waals surface area contributed by atoms with Gasteiger partial charge in [-0.2, -0.15) is 0 Å². The van der Waals surface area contributed by atoms with Gasteiger partial charge in [0.1, 0.15) is 5.75 Å². The van der Waals surface area contributed by atoms with Gasteiger partial charge in [-0.15, -0.1) is 0 Å². The monoisotopic (exact) mass is 327 g/mol. The Kier molecular flexibility index (Phi) is 4.77. The molecule has 3 rings (SSSR count). The lowest BCUT2D eigenvalue weighted by Crippen LogP contribution is -2.67. The number of hydrogen-bond acceptors (Lipinski definition) is 5. The van der Waals surface area contributed by atoms with E-state index in [1.165, 1.54) is 4.90 Å². The Balaban J connectivity index is 1.70. The first kappa shape index (κ1) is 16.0. The fourth-order valence-electron chi connectivity index (χ4n) is 2.56. The van der Waals surface area contributed by atoms with E-state index in [4.69, 9.17) is 14.2 Å². The average Bonchev–Trinajstić information content (AvgIpc) is 2.63. The lowest BCUT2D eigenvalue weighted by atomic mass is 10.1. The summed E-state index contributed by atoms with van der Waals surface area (Å²) < 4.78 is 15.8. The van der Waals surface area contributed by atoms with Crippen molar-refractivity contribution in [2.45, 2.75) is 18.9 Å². The third-order valence-corrected chi connectivity index (χ3v) is 3.81. The number of anilines is 1. The number of carbonyl (C=O) groups is 2. The van der Waals surface area contributed by atoms with Gasteiger partial charge in [-0.3, -0.25) is 14.5 Å². The van der Waals surface area contributed by atoms with E-state index >= 15 is 0 Å². The highest BCUT2D eigenvalue weighted by molar-refractivity contribution is 6.04. The number of carbonyl (C=O) groups excluding carboxylic acids is 2. The molecule has 1 fully saturated rings. The zero-order valence-electron chi connectivity index (χ0n) is 13.1. The molecule has 2 atom stereocenters. The maximum atomic E-state index is 12.4. The Morgan fingerprint density at radius 3 is 2.42 bits per heavy atom. The topological polar surface area (TPSA) is 65.1 Å². The van der Waals surface area contributed by atoms with E-state index in [0.29, 0.717) is 17.9 Å². The minimum atomic E-state index is -0.808. The molecule has 24 heavy (non-hydrogen) atoms. The number of β-lactam (4-membered cyclic amide) rings is 1. The Labute approximate surface area is 139 Å². The van der Waals surface area contributed by atoms with Crippen molar-refractivity contribution in [3.8, 4) is 5.75 Å². The van der Waals surface area contributed by atoms with E-state index < -0.39 is 12.3 Å². The molecule has 124 valence electrons. The summed E-state index contributed by atoms with van der Waals surface area (Å²) in [5.41, 5.74) is 1.56. The molecule has 1 amide bonds. The van der Waals surface area contributed by atoms with Crippen LogP contribution in [0.2, 0.25) is 0 Å². The summed E-state index contributed by atoms with van der Waals surface area (Å²) in [6.45, 7) is 0.596. The summed E-state index contributed by atoms with van der Waals surface area (Å²) in [5.74, 6) is 0.430. The van der Waals surface area contributed by atoms with Crippen molar-refractivity contribution in [2.24, 2.45) is 0 Å². The molecule has 0 aliphatic carbocycles. The summed E-state index contributed by atoms with van der Waals surface area (Å²) in [4.78, 5) is 24.6. The molecule has 6 heteroatoms. The Morgan fingerprint density at radius 1 is 1.08 bits per heavy atom. The maximum absolute atomic E-state index is 12.4. The van der Waals surface area contributed by atoms with Crippen molar-refractivity contribution >= 4 is 18.1 Å². The van der Waals surface area contributed by atoms with Gasteiger partial charge >= 0.3 is 0 Å². The molecular weight excluding hydrogens is 310 g/mol.